The van der Waals surface area contributed by atoms with Gasteiger partial charge in [0.15, 0.2) is 0 Å². The van der Waals surface area contributed by atoms with E-state index < -0.39 is 0 Å². The Morgan fingerprint density at radius 1 is 1.39 bits per heavy atom. The topological polar surface area (TPSA) is 30.5 Å². The van der Waals surface area contributed by atoms with Gasteiger partial charge in [-0.15, -0.1) is 0 Å². The molecule has 1 aromatic rings. The molecule has 1 N–H and O–H groups in total. The second-order valence-corrected chi connectivity index (χ2v) is 5.02. The van der Waals surface area contributed by atoms with Crippen molar-refractivity contribution in [1.29, 1.82) is 0 Å². The van der Waals surface area contributed by atoms with E-state index in [1.807, 2.05) is 19.2 Å². The third-order valence-electron chi connectivity index (χ3n) is 3.58. The van der Waals surface area contributed by atoms with Gasteiger partial charge in [0.1, 0.15) is 5.75 Å². The van der Waals surface area contributed by atoms with Crippen LogP contribution in [0.1, 0.15) is 24.4 Å². The highest BCUT2D eigenvalue weighted by Gasteiger charge is 2.24. The maximum atomic E-state index is 6.19. The van der Waals surface area contributed by atoms with Crippen LogP contribution < -0.4 is 10.1 Å². The van der Waals surface area contributed by atoms with Crippen LogP contribution >= 0.6 is 11.6 Å². The van der Waals surface area contributed by atoms with Crippen molar-refractivity contribution in [3.63, 3.8) is 0 Å². The number of nitrogens with one attached hydrogen (secondary N) is 1. The predicted octanol–water partition coefficient (Wildman–Crippen LogP) is 3.04. The van der Waals surface area contributed by atoms with Crippen LogP contribution in [-0.4, -0.2) is 27.4 Å². The molecule has 0 aliphatic carbocycles. The first-order chi connectivity index (χ1) is 8.76. The smallest absolute Gasteiger partial charge is 0.137 e. The van der Waals surface area contributed by atoms with Crippen LogP contribution in [0.5, 0.6) is 5.75 Å². The maximum absolute atomic E-state index is 6.19. The fourth-order valence-electron chi connectivity index (χ4n) is 2.60. The van der Waals surface area contributed by atoms with Crippen molar-refractivity contribution >= 4 is 11.6 Å². The first kappa shape index (κ1) is 13.7. The lowest BCUT2D eigenvalue weighted by Gasteiger charge is -2.30. The molecule has 18 heavy (non-hydrogen) atoms. The van der Waals surface area contributed by atoms with Gasteiger partial charge in [-0.25, -0.2) is 0 Å². The van der Waals surface area contributed by atoms with E-state index in [1.165, 1.54) is 5.56 Å². The molecular formula is C14H20ClNO2. The van der Waals surface area contributed by atoms with Crippen LogP contribution in [0.2, 0.25) is 5.02 Å². The van der Waals surface area contributed by atoms with Gasteiger partial charge in [-0.2, -0.15) is 0 Å². The van der Waals surface area contributed by atoms with E-state index in [1.54, 1.807) is 7.11 Å². The highest BCUT2D eigenvalue weighted by atomic mass is 35.5. The Morgan fingerprint density at radius 3 is 2.67 bits per heavy atom. The van der Waals surface area contributed by atoms with Crippen molar-refractivity contribution < 1.29 is 9.47 Å². The molecule has 1 aliphatic rings. The number of rotatable bonds is 4. The first-order valence-corrected chi connectivity index (χ1v) is 6.72. The van der Waals surface area contributed by atoms with E-state index in [0.29, 0.717) is 17.0 Å². The SMILES string of the molecule is CNC(c1ccc(OC)c(Cl)c1)C1CCOCC1. The Morgan fingerprint density at radius 2 is 2.11 bits per heavy atom. The standard InChI is InChI=1S/C14H20ClNO2/c1-16-14(10-5-7-18-8-6-10)11-3-4-13(17-2)12(15)9-11/h3-4,9-10,14,16H,5-8H2,1-2H3. The van der Waals surface area contributed by atoms with Gasteiger partial charge >= 0.3 is 0 Å². The summed E-state index contributed by atoms with van der Waals surface area (Å²) in [6, 6.07) is 6.34. The molecule has 0 aromatic heterocycles. The summed E-state index contributed by atoms with van der Waals surface area (Å²) in [4.78, 5) is 0. The van der Waals surface area contributed by atoms with Crippen LogP contribution in [0.3, 0.4) is 0 Å². The average Bonchev–Trinajstić information content (AvgIpc) is 2.41. The molecule has 0 amide bonds. The lowest BCUT2D eigenvalue weighted by molar-refractivity contribution is 0.0546. The molecule has 3 nitrogen and oxygen atoms in total. The van der Waals surface area contributed by atoms with Gasteiger partial charge in [0, 0.05) is 19.3 Å². The third kappa shape index (κ3) is 2.97. The molecule has 4 heteroatoms. The molecule has 1 atom stereocenters. The van der Waals surface area contributed by atoms with Crippen LogP contribution in [0.4, 0.5) is 0 Å². The molecule has 1 saturated heterocycles. The number of halogens is 1. The minimum absolute atomic E-state index is 0.331. The summed E-state index contributed by atoms with van der Waals surface area (Å²) in [6.45, 7) is 1.71. The predicted molar refractivity (Wildman–Crippen MR) is 73.3 cm³/mol. The number of ether oxygens (including phenoxy) is 2. The Hall–Kier alpha value is -0.770. The average molecular weight is 270 g/mol. The third-order valence-corrected chi connectivity index (χ3v) is 3.88. The van der Waals surface area contributed by atoms with E-state index in [-0.39, 0.29) is 0 Å². The molecule has 1 aliphatic heterocycles. The molecule has 0 bridgehead atoms. The minimum Gasteiger partial charge on any atom is -0.495 e. The Balaban J connectivity index is 2.18. The summed E-state index contributed by atoms with van der Waals surface area (Å²) in [7, 11) is 3.63. The zero-order valence-corrected chi connectivity index (χ0v) is 11.7. The minimum atomic E-state index is 0.331. The summed E-state index contributed by atoms with van der Waals surface area (Å²) in [5.74, 6) is 1.33. The van der Waals surface area contributed by atoms with E-state index in [0.717, 1.165) is 31.8 Å². The maximum Gasteiger partial charge on any atom is 0.137 e. The summed E-state index contributed by atoms with van der Waals surface area (Å²) in [6.07, 6.45) is 2.18. The highest BCUT2D eigenvalue weighted by Crippen LogP contribution is 2.33. The molecule has 1 heterocycles. The molecule has 0 saturated carbocycles. The summed E-state index contributed by atoms with van der Waals surface area (Å²) < 4.78 is 10.6. The van der Waals surface area contributed by atoms with Crippen molar-refractivity contribution in [2.45, 2.75) is 18.9 Å². The normalized spacial score (nSPS) is 18.6. The van der Waals surface area contributed by atoms with Gasteiger partial charge in [-0.05, 0) is 43.5 Å². The van der Waals surface area contributed by atoms with Gasteiger partial charge in [-0.3, -0.25) is 0 Å². The lowest BCUT2D eigenvalue weighted by Crippen LogP contribution is -2.29. The van der Waals surface area contributed by atoms with Gasteiger partial charge < -0.3 is 14.8 Å². The first-order valence-electron chi connectivity index (χ1n) is 6.34. The van der Waals surface area contributed by atoms with Gasteiger partial charge in [0.25, 0.3) is 0 Å². The lowest BCUT2D eigenvalue weighted by atomic mass is 9.87. The zero-order chi connectivity index (χ0) is 13.0. The summed E-state index contributed by atoms with van der Waals surface area (Å²) >= 11 is 6.19. The molecule has 0 spiro atoms. The van der Waals surface area contributed by atoms with Gasteiger partial charge in [-0.1, -0.05) is 17.7 Å². The van der Waals surface area contributed by atoms with Gasteiger partial charge in [0.2, 0.25) is 0 Å². The van der Waals surface area contributed by atoms with Crippen LogP contribution in [0.15, 0.2) is 18.2 Å². The molecule has 100 valence electrons. The van der Waals surface area contributed by atoms with Crippen LogP contribution in [-0.2, 0) is 4.74 Å². The Bertz CT molecular complexity index is 391. The van der Waals surface area contributed by atoms with Crippen molar-refractivity contribution in [2.75, 3.05) is 27.4 Å². The Kier molecular flexibility index (Phi) is 4.87. The zero-order valence-electron chi connectivity index (χ0n) is 10.9. The van der Waals surface area contributed by atoms with Crippen molar-refractivity contribution in [3.05, 3.63) is 28.8 Å². The van der Waals surface area contributed by atoms with E-state index in [9.17, 15) is 0 Å². The number of hydrogen-bond donors (Lipinski definition) is 1. The monoisotopic (exact) mass is 269 g/mol. The largest absolute Gasteiger partial charge is 0.495 e. The fourth-order valence-corrected chi connectivity index (χ4v) is 2.87. The molecule has 0 radical (unpaired) electrons. The molecule has 1 fully saturated rings. The molecule has 1 aromatic carbocycles. The van der Waals surface area contributed by atoms with Crippen LogP contribution in [0, 0.1) is 5.92 Å². The van der Waals surface area contributed by atoms with E-state index >= 15 is 0 Å². The van der Waals surface area contributed by atoms with E-state index in [4.69, 9.17) is 21.1 Å². The summed E-state index contributed by atoms with van der Waals surface area (Å²) in [5, 5.41) is 4.07. The number of methoxy groups -OCH3 is 1. The second kappa shape index (κ2) is 6.41. The molecular weight excluding hydrogens is 250 g/mol. The van der Waals surface area contributed by atoms with Gasteiger partial charge in [0.05, 0.1) is 12.1 Å². The summed E-state index contributed by atoms with van der Waals surface area (Å²) in [5.41, 5.74) is 1.22. The fraction of sp³-hybridized carbons (Fsp3) is 0.571. The number of hydrogen-bond acceptors (Lipinski definition) is 3. The van der Waals surface area contributed by atoms with Crippen molar-refractivity contribution in [3.8, 4) is 5.75 Å². The quantitative estimate of drug-likeness (QED) is 0.911. The molecule has 1 unspecified atom stereocenters. The Labute approximate surface area is 113 Å². The van der Waals surface area contributed by atoms with Crippen molar-refractivity contribution in [1.82, 2.24) is 5.32 Å². The number of benzene rings is 1. The molecule has 2 rings (SSSR count). The highest BCUT2D eigenvalue weighted by molar-refractivity contribution is 6.32. The van der Waals surface area contributed by atoms with Crippen LogP contribution in [0.25, 0.3) is 0 Å². The van der Waals surface area contributed by atoms with Crippen molar-refractivity contribution in [2.24, 2.45) is 5.92 Å². The van der Waals surface area contributed by atoms with E-state index in [2.05, 4.69) is 11.4 Å². The second-order valence-electron chi connectivity index (χ2n) is 4.61.